The van der Waals surface area contributed by atoms with Gasteiger partial charge in [0.05, 0.1) is 18.8 Å². The summed E-state index contributed by atoms with van der Waals surface area (Å²) in [7, 11) is 0. The summed E-state index contributed by atoms with van der Waals surface area (Å²) in [6.07, 6.45) is -4.04. The summed E-state index contributed by atoms with van der Waals surface area (Å²) in [5.41, 5.74) is 0. The van der Waals surface area contributed by atoms with Crippen molar-refractivity contribution in [1.82, 2.24) is 0 Å². The molecule has 0 bridgehead atoms. The van der Waals surface area contributed by atoms with Crippen molar-refractivity contribution in [3.05, 3.63) is 12.7 Å². The molecular formula is C21H34O9. The van der Waals surface area contributed by atoms with Crippen molar-refractivity contribution in [2.75, 3.05) is 6.61 Å². The lowest BCUT2D eigenvalue weighted by Gasteiger charge is -2.45. The molecule has 0 aromatic carbocycles. The molecule has 4 aliphatic rings. The zero-order valence-corrected chi connectivity index (χ0v) is 18.5. The maximum Gasteiger partial charge on any atom is 0.187 e. The second-order valence-corrected chi connectivity index (χ2v) is 9.26. The van der Waals surface area contributed by atoms with Crippen LogP contribution < -0.4 is 0 Å². The van der Waals surface area contributed by atoms with E-state index >= 15 is 0 Å². The van der Waals surface area contributed by atoms with Gasteiger partial charge in [-0.3, -0.25) is 0 Å². The van der Waals surface area contributed by atoms with Gasteiger partial charge >= 0.3 is 0 Å². The summed E-state index contributed by atoms with van der Waals surface area (Å²) in [6, 6.07) is 0. The van der Waals surface area contributed by atoms with Gasteiger partial charge < -0.3 is 43.0 Å². The highest BCUT2D eigenvalue weighted by Crippen LogP contribution is 2.42. The Hall–Kier alpha value is -0.620. The Morgan fingerprint density at radius 1 is 0.833 bits per heavy atom. The molecule has 9 heteroatoms. The molecule has 4 rings (SSSR count). The van der Waals surface area contributed by atoms with Crippen LogP contribution in [0, 0.1) is 0 Å². The van der Waals surface area contributed by atoms with Crippen LogP contribution in [0.2, 0.25) is 0 Å². The molecule has 0 aromatic rings. The van der Waals surface area contributed by atoms with E-state index in [9.17, 15) is 5.11 Å². The molecule has 0 unspecified atom stereocenters. The van der Waals surface area contributed by atoms with Gasteiger partial charge in [0.15, 0.2) is 24.2 Å². The van der Waals surface area contributed by atoms with Gasteiger partial charge in [-0.15, -0.1) is 6.58 Å². The van der Waals surface area contributed by atoms with Crippen LogP contribution in [-0.4, -0.2) is 84.7 Å². The number of hydrogen-bond acceptors (Lipinski definition) is 9. The predicted octanol–water partition coefficient (Wildman–Crippen LogP) is 1.46. The summed E-state index contributed by atoms with van der Waals surface area (Å²) in [5, 5.41) is 10.5. The fraction of sp³-hybridized carbons (Fsp3) is 0.905. The summed E-state index contributed by atoms with van der Waals surface area (Å²) in [5.74, 6) is -1.64. The van der Waals surface area contributed by atoms with Gasteiger partial charge in [-0.2, -0.15) is 0 Å². The van der Waals surface area contributed by atoms with E-state index in [1.165, 1.54) is 0 Å². The van der Waals surface area contributed by atoms with Gasteiger partial charge in [-0.1, -0.05) is 6.08 Å². The van der Waals surface area contributed by atoms with Gasteiger partial charge in [0, 0.05) is 0 Å². The molecule has 9 nitrogen and oxygen atoms in total. The lowest BCUT2D eigenvalue weighted by atomic mass is 9.98. The van der Waals surface area contributed by atoms with Crippen LogP contribution in [0.3, 0.4) is 0 Å². The molecule has 0 radical (unpaired) electrons. The fourth-order valence-electron chi connectivity index (χ4n) is 4.59. The monoisotopic (exact) mass is 430 g/mol. The number of hydrogen-bond donors (Lipinski definition) is 1. The van der Waals surface area contributed by atoms with Crippen LogP contribution in [-0.2, 0) is 37.9 Å². The second-order valence-electron chi connectivity index (χ2n) is 9.26. The SMILES string of the molecule is C=CCO[C@H]1O[C@H](C)[C@@H]2OC(C)(C)O[C@@H]2[C@H]1O[C@@H]1O[C@@H](C)[C@H](O)[C@H]2OC(C)(C)O[C@@H]12. The van der Waals surface area contributed by atoms with Gasteiger partial charge in [-0.25, -0.2) is 0 Å². The number of ether oxygens (including phenoxy) is 8. The number of aliphatic hydroxyl groups excluding tert-OH is 1. The van der Waals surface area contributed by atoms with Crippen molar-refractivity contribution >= 4 is 0 Å². The Bertz CT molecular complexity index is 638. The van der Waals surface area contributed by atoms with Crippen molar-refractivity contribution < 1.29 is 43.0 Å². The minimum absolute atomic E-state index is 0.253. The van der Waals surface area contributed by atoms with Crippen LogP contribution >= 0.6 is 0 Å². The summed E-state index contributed by atoms with van der Waals surface area (Å²) < 4.78 is 48.5. The molecule has 0 amide bonds. The average molecular weight is 430 g/mol. The third-order valence-electron chi connectivity index (χ3n) is 5.83. The lowest BCUT2D eigenvalue weighted by Crippen LogP contribution is -2.62. The van der Waals surface area contributed by atoms with E-state index in [0.717, 1.165) is 0 Å². The second kappa shape index (κ2) is 8.06. The molecule has 172 valence electrons. The Kier molecular flexibility index (Phi) is 6.06. The first kappa shape index (κ1) is 22.6. The van der Waals surface area contributed by atoms with Crippen molar-refractivity contribution in [2.45, 2.75) is 115 Å². The highest BCUT2D eigenvalue weighted by molar-refractivity contribution is 4.99. The predicted molar refractivity (Wildman–Crippen MR) is 103 cm³/mol. The molecule has 30 heavy (non-hydrogen) atoms. The molecule has 0 aliphatic carbocycles. The molecular weight excluding hydrogens is 396 g/mol. The normalized spacial score (nSPS) is 49.4. The minimum Gasteiger partial charge on any atom is -0.388 e. The van der Waals surface area contributed by atoms with Crippen molar-refractivity contribution in [3.8, 4) is 0 Å². The highest BCUT2D eigenvalue weighted by atomic mass is 16.8. The molecule has 0 spiro atoms. The van der Waals surface area contributed by atoms with E-state index < -0.39 is 60.8 Å². The number of rotatable bonds is 5. The molecule has 4 fully saturated rings. The van der Waals surface area contributed by atoms with E-state index in [1.54, 1.807) is 26.8 Å². The average Bonchev–Trinajstić information content (AvgIpc) is 3.16. The third kappa shape index (κ3) is 4.20. The van der Waals surface area contributed by atoms with E-state index in [0.29, 0.717) is 0 Å². The minimum atomic E-state index is -0.862. The summed E-state index contributed by atoms with van der Waals surface area (Å²) >= 11 is 0. The van der Waals surface area contributed by atoms with Gasteiger partial charge in [-0.05, 0) is 41.5 Å². The Morgan fingerprint density at radius 2 is 1.40 bits per heavy atom. The van der Waals surface area contributed by atoms with Gasteiger partial charge in [0.2, 0.25) is 0 Å². The van der Waals surface area contributed by atoms with Crippen LogP contribution in [0.15, 0.2) is 12.7 Å². The molecule has 0 saturated carbocycles. The molecule has 4 aliphatic heterocycles. The zero-order valence-electron chi connectivity index (χ0n) is 18.5. The number of fused-ring (bicyclic) bond motifs is 2. The number of aliphatic hydroxyl groups is 1. The summed E-state index contributed by atoms with van der Waals surface area (Å²) in [4.78, 5) is 0. The smallest absolute Gasteiger partial charge is 0.187 e. The standard InChI is InChI=1S/C21H34O9/c1-8-9-23-18-16(15-13(11(3)25-18)27-20(4,5)29-15)26-19-17-14(12(22)10(2)24-19)28-21(6,7)30-17/h8,10-19,22H,1,9H2,2-7H3/t10-,11+,12-,13-,14+,15-,16+,17+,18-,19-/m0/s1. The first-order valence-corrected chi connectivity index (χ1v) is 10.6. The van der Waals surface area contributed by atoms with E-state index in [4.69, 9.17) is 37.9 Å². The first-order chi connectivity index (χ1) is 14.0. The maximum atomic E-state index is 10.5. The Balaban J connectivity index is 1.58. The largest absolute Gasteiger partial charge is 0.388 e. The summed E-state index contributed by atoms with van der Waals surface area (Å²) in [6.45, 7) is 15.0. The molecule has 0 aromatic heterocycles. The maximum absolute atomic E-state index is 10.5. The van der Waals surface area contributed by atoms with E-state index in [1.807, 2.05) is 20.8 Å². The lowest BCUT2D eigenvalue weighted by molar-refractivity contribution is -0.344. The van der Waals surface area contributed by atoms with Crippen molar-refractivity contribution in [3.63, 3.8) is 0 Å². The van der Waals surface area contributed by atoms with E-state index in [2.05, 4.69) is 6.58 Å². The Morgan fingerprint density at radius 3 is 2.07 bits per heavy atom. The topological polar surface area (TPSA) is 94.1 Å². The van der Waals surface area contributed by atoms with Crippen LogP contribution in [0.5, 0.6) is 0 Å². The van der Waals surface area contributed by atoms with Crippen LogP contribution in [0.25, 0.3) is 0 Å². The van der Waals surface area contributed by atoms with E-state index in [-0.39, 0.29) is 18.8 Å². The van der Waals surface area contributed by atoms with Crippen molar-refractivity contribution in [2.24, 2.45) is 0 Å². The highest BCUT2D eigenvalue weighted by Gasteiger charge is 2.59. The quantitative estimate of drug-likeness (QED) is 0.651. The van der Waals surface area contributed by atoms with Gasteiger partial charge in [0.1, 0.15) is 36.6 Å². The zero-order chi connectivity index (χ0) is 21.8. The Labute approximate surface area is 177 Å². The molecule has 10 atom stereocenters. The third-order valence-corrected chi connectivity index (χ3v) is 5.83. The van der Waals surface area contributed by atoms with Crippen LogP contribution in [0.4, 0.5) is 0 Å². The van der Waals surface area contributed by atoms with Crippen LogP contribution in [0.1, 0.15) is 41.5 Å². The fourth-order valence-corrected chi connectivity index (χ4v) is 4.59. The molecule has 4 saturated heterocycles. The van der Waals surface area contributed by atoms with Gasteiger partial charge in [0.25, 0.3) is 0 Å². The van der Waals surface area contributed by atoms with Crippen molar-refractivity contribution in [1.29, 1.82) is 0 Å². The molecule has 4 heterocycles. The molecule has 1 N–H and O–H groups in total. The first-order valence-electron chi connectivity index (χ1n) is 10.6.